The molecular weight excluding hydrogens is 757 g/mol. The Morgan fingerprint density at radius 3 is 2.24 bits per heavy atom. The van der Waals surface area contributed by atoms with Crippen LogP contribution in [-0.2, 0) is 24.9 Å². The molecule has 4 heterocycles. The average molecular weight is 788 g/mol. The summed E-state index contributed by atoms with van der Waals surface area (Å²) in [6, 6.07) is 33.1. The number of allylic oxidation sites excluding steroid dienone is 2. The van der Waals surface area contributed by atoms with Crippen molar-refractivity contribution in [1.82, 2.24) is 9.97 Å². The van der Waals surface area contributed by atoms with E-state index < -0.39 is 0 Å². The second-order valence-electron chi connectivity index (χ2n) is 10.9. The predicted octanol–water partition coefficient (Wildman–Crippen LogP) is 10.4. The summed E-state index contributed by atoms with van der Waals surface area (Å²) in [7, 11) is 0. The Morgan fingerprint density at radius 1 is 0.867 bits per heavy atom. The Balaban J connectivity index is 0.000000452. The van der Waals surface area contributed by atoms with Crippen LogP contribution in [-0.4, -0.2) is 20.9 Å². The van der Waals surface area contributed by atoms with E-state index in [0.29, 0.717) is 5.71 Å². The van der Waals surface area contributed by atoms with E-state index in [1.807, 2.05) is 25.1 Å². The van der Waals surface area contributed by atoms with Crippen LogP contribution in [0.3, 0.4) is 0 Å². The van der Waals surface area contributed by atoms with Crippen molar-refractivity contribution >= 4 is 49.4 Å². The Labute approximate surface area is 279 Å². The number of ketones is 1. The summed E-state index contributed by atoms with van der Waals surface area (Å²) in [6.07, 6.45) is 1.17. The molecule has 227 valence electrons. The van der Waals surface area contributed by atoms with Crippen molar-refractivity contribution in [3.05, 3.63) is 120 Å². The first-order valence-electron chi connectivity index (χ1n) is 14.3. The summed E-state index contributed by atoms with van der Waals surface area (Å²) in [5.74, 6) is -0.0625. The Morgan fingerprint density at radius 2 is 1.58 bits per heavy atom. The molecular formula is C38H31IrN2O3S-. The van der Waals surface area contributed by atoms with Crippen molar-refractivity contribution in [2.45, 2.75) is 34.6 Å². The van der Waals surface area contributed by atoms with E-state index in [1.165, 1.54) is 52.6 Å². The summed E-state index contributed by atoms with van der Waals surface area (Å²) in [4.78, 5) is 20.8. The zero-order chi connectivity index (χ0) is 31.0. The van der Waals surface area contributed by atoms with Crippen molar-refractivity contribution in [3.63, 3.8) is 0 Å². The number of hydrogen-bond acceptors (Lipinski definition) is 6. The number of nitrogens with zero attached hydrogens (tertiary/aromatic N) is 2. The van der Waals surface area contributed by atoms with Crippen molar-refractivity contribution in [2.24, 2.45) is 0 Å². The third kappa shape index (κ3) is 6.66. The van der Waals surface area contributed by atoms with E-state index in [4.69, 9.17) is 14.5 Å². The molecule has 0 spiro atoms. The zero-order valence-corrected chi connectivity index (χ0v) is 28.8. The van der Waals surface area contributed by atoms with Crippen LogP contribution in [0.4, 0.5) is 0 Å². The maximum atomic E-state index is 10.0. The van der Waals surface area contributed by atoms with E-state index >= 15 is 0 Å². The average Bonchev–Trinajstić information content (AvgIpc) is 3.57. The van der Waals surface area contributed by atoms with Gasteiger partial charge in [-0.25, -0.2) is 4.98 Å². The van der Waals surface area contributed by atoms with Crippen molar-refractivity contribution < 1.29 is 34.4 Å². The van der Waals surface area contributed by atoms with Crippen LogP contribution in [0.15, 0.2) is 101 Å². The van der Waals surface area contributed by atoms with E-state index in [-0.39, 0.29) is 31.6 Å². The van der Waals surface area contributed by atoms with Crippen LogP contribution in [0.5, 0.6) is 0 Å². The van der Waals surface area contributed by atoms with Gasteiger partial charge in [0.15, 0.2) is 5.78 Å². The van der Waals surface area contributed by atoms with E-state index in [2.05, 4.69) is 91.6 Å². The SMILES string of the molecule is CC(=O)/C=C(/C)O.Cc1ccc2c(n1)oc1c(-c3ccc4sc(-c5ccc(-c6c(C)cccc6C)cc5)cc4n3)[c-]ccc12.[Ir]. The third-order valence-corrected chi connectivity index (χ3v) is 8.56. The van der Waals surface area contributed by atoms with Gasteiger partial charge in [-0.1, -0.05) is 59.5 Å². The standard InChI is InChI=1S/C33H23N2OS.C5H8O2.Ir/c1-19-6-4-7-20(2)31(19)23-13-11-22(12-14-23)30-18-28-29(37-30)17-16-27(35-28)26-9-5-8-24-25-15-10-21(3)34-33(25)36-32(24)26;1-4(6)3-5(2)7;/h4-8,10-18H,1-3H3;3,6H,1-2H3;/q-1;;/b;4-3-;. The molecule has 7 heteroatoms. The van der Waals surface area contributed by atoms with E-state index in [9.17, 15) is 4.79 Å². The molecule has 1 N–H and O–H groups in total. The summed E-state index contributed by atoms with van der Waals surface area (Å²) in [6.45, 7) is 9.17. The van der Waals surface area contributed by atoms with E-state index in [0.717, 1.165) is 43.5 Å². The van der Waals surface area contributed by atoms with Crippen LogP contribution >= 0.6 is 11.3 Å². The normalized spacial score (nSPS) is 11.4. The molecule has 0 aliphatic carbocycles. The fourth-order valence-electron chi connectivity index (χ4n) is 5.48. The minimum absolute atomic E-state index is 0. The number of furan rings is 1. The fraction of sp³-hybridized carbons (Fsp3) is 0.132. The molecule has 1 radical (unpaired) electrons. The molecule has 4 aromatic heterocycles. The molecule has 0 fully saturated rings. The zero-order valence-electron chi connectivity index (χ0n) is 25.6. The molecule has 0 aliphatic rings. The Kier molecular flexibility index (Phi) is 9.45. The minimum atomic E-state index is -0.125. The topological polar surface area (TPSA) is 76.2 Å². The number of aliphatic hydroxyl groups excluding tert-OH is 1. The van der Waals surface area contributed by atoms with Gasteiger partial charge in [0.1, 0.15) is 0 Å². The molecule has 0 bridgehead atoms. The Hall–Kier alpha value is -4.42. The molecule has 0 unspecified atom stereocenters. The van der Waals surface area contributed by atoms with Gasteiger partial charge in [0.25, 0.3) is 0 Å². The largest absolute Gasteiger partial charge is 0.512 e. The molecule has 0 aliphatic heterocycles. The maximum Gasteiger partial charge on any atom is 0.216 e. The number of fused-ring (bicyclic) bond motifs is 4. The van der Waals surface area contributed by atoms with Gasteiger partial charge in [-0.3, -0.25) is 9.78 Å². The molecule has 7 rings (SSSR count). The molecule has 7 aromatic rings. The molecule has 0 saturated heterocycles. The number of rotatable bonds is 4. The van der Waals surface area contributed by atoms with Crippen LogP contribution in [0.25, 0.3) is 65.1 Å². The predicted molar refractivity (Wildman–Crippen MR) is 181 cm³/mol. The summed E-state index contributed by atoms with van der Waals surface area (Å²) < 4.78 is 7.35. The summed E-state index contributed by atoms with van der Waals surface area (Å²) in [5, 5.41) is 10.4. The number of pyridine rings is 2. The molecule has 0 atom stereocenters. The van der Waals surface area contributed by atoms with Gasteiger partial charge in [0, 0.05) is 42.1 Å². The Bertz CT molecular complexity index is 2190. The first-order chi connectivity index (χ1) is 21.2. The number of carbonyl (C=O) groups is 1. The fourth-order valence-corrected chi connectivity index (χ4v) is 6.48. The van der Waals surface area contributed by atoms with Crippen LogP contribution < -0.4 is 0 Å². The van der Waals surface area contributed by atoms with Gasteiger partial charge in [0.05, 0.1) is 21.6 Å². The van der Waals surface area contributed by atoms with Gasteiger partial charge in [-0.2, -0.15) is 0 Å². The number of hydrogen-bond donors (Lipinski definition) is 1. The second-order valence-corrected chi connectivity index (χ2v) is 12.0. The number of benzene rings is 3. The monoisotopic (exact) mass is 788 g/mol. The number of thiophene rings is 1. The molecule has 0 amide bonds. The van der Waals surface area contributed by atoms with E-state index in [1.54, 1.807) is 11.3 Å². The number of aryl methyl sites for hydroxylation is 3. The number of aliphatic hydroxyl groups is 1. The number of aromatic nitrogens is 2. The van der Waals surface area contributed by atoms with Gasteiger partial charge in [0.2, 0.25) is 5.71 Å². The van der Waals surface area contributed by atoms with Crippen molar-refractivity contribution in [2.75, 3.05) is 0 Å². The van der Waals surface area contributed by atoms with Gasteiger partial charge in [-0.05, 0) is 92.4 Å². The first-order valence-corrected chi connectivity index (χ1v) is 15.2. The quantitative estimate of drug-likeness (QED) is 0.109. The maximum absolute atomic E-state index is 10.0. The molecule has 45 heavy (non-hydrogen) atoms. The van der Waals surface area contributed by atoms with Crippen molar-refractivity contribution in [3.8, 4) is 32.8 Å². The number of carbonyl (C=O) groups excluding carboxylic acids is 1. The molecule has 0 saturated carbocycles. The van der Waals surface area contributed by atoms with Gasteiger partial charge < -0.3 is 9.52 Å². The smallest absolute Gasteiger partial charge is 0.216 e. The minimum Gasteiger partial charge on any atom is -0.512 e. The van der Waals surface area contributed by atoms with Crippen molar-refractivity contribution in [1.29, 1.82) is 0 Å². The van der Waals surface area contributed by atoms with Crippen LogP contribution in [0, 0.1) is 26.8 Å². The summed E-state index contributed by atoms with van der Waals surface area (Å²) >= 11 is 1.77. The second kappa shape index (κ2) is 13.3. The van der Waals surface area contributed by atoms with Gasteiger partial charge in [-0.15, -0.1) is 29.5 Å². The van der Waals surface area contributed by atoms with Crippen LogP contribution in [0.1, 0.15) is 30.7 Å². The van der Waals surface area contributed by atoms with Gasteiger partial charge >= 0.3 is 0 Å². The summed E-state index contributed by atoms with van der Waals surface area (Å²) in [5.41, 5.74) is 11.4. The molecule has 3 aromatic carbocycles. The third-order valence-electron chi connectivity index (χ3n) is 7.42. The molecule has 5 nitrogen and oxygen atoms in total. The first kappa shape index (κ1) is 32.0. The van der Waals surface area contributed by atoms with Crippen LogP contribution in [0.2, 0.25) is 0 Å².